The first-order chi connectivity index (χ1) is 9.65. The number of nitrogens with zero attached hydrogens (tertiary/aromatic N) is 2. The number of ether oxygens (including phenoxy) is 1. The molecule has 0 unspecified atom stereocenters. The van der Waals surface area contributed by atoms with Gasteiger partial charge in [0.05, 0.1) is 15.9 Å². The van der Waals surface area contributed by atoms with Crippen molar-refractivity contribution < 1.29 is 9.84 Å². The Bertz CT molecular complexity index is 560. The van der Waals surface area contributed by atoms with Crippen LogP contribution in [-0.2, 0) is 11.3 Å². The Morgan fingerprint density at radius 1 is 1.25 bits per heavy atom. The van der Waals surface area contributed by atoms with Gasteiger partial charge in [-0.15, -0.1) is 0 Å². The molecule has 0 atom stereocenters. The molecule has 0 amide bonds. The molecule has 1 heterocycles. The van der Waals surface area contributed by atoms with Crippen molar-refractivity contribution in [2.45, 2.75) is 13.5 Å². The number of halogens is 1. The second-order valence-electron chi connectivity index (χ2n) is 4.17. The third-order valence-corrected chi connectivity index (χ3v) is 3.80. The fourth-order valence-electron chi connectivity index (χ4n) is 1.75. The third-order valence-electron chi connectivity index (χ3n) is 2.67. The SMILES string of the molecule is CCNc1nc(-c2ccc(O)cc2)nc(COC)c1I. The van der Waals surface area contributed by atoms with Crippen molar-refractivity contribution in [1.82, 2.24) is 9.97 Å². The van der Waals surface area contributed by atoms with Crippen LogP contribution in [0.2, 0.25) is 0 Å². The van der Waals surface area contributed by atoms with Gasteiger partial charge in [-0.2, -0.15) is 0 Å². The van der Waals surface area contributed by atoms with E-state index in [9.17, 15) is 5.11 Å². The number of benzene rings is 1. The van der Waals surface area contributed by atoms with Crippen LogP contribution in [0.15, 0.2) is 24.3 Å². The van der Waals surface area contributed by atoms with Crippen LogP contribution in [0, 0.1) is 3.57 Å². The molecule has 0 bridgehead atoms. The predicted molar refractivity (Wildman–Crippen MR) is 86.7 cm³/mol. The van der Waals surface area contributed by atoms with Crippen molar-refractivity contribution in [3.8, 4) is 17.1 Å². The Morgan fingerprint density at radius 3 is 2.55 bits per heavy atom. The van der Waals surface area contributed by atoms with Crippen LogP contribution in [0.5, 0.6) is 5.75 Å². The van der Waals surface area contributed by atoms with Gasteiger partial charge in [-0.1, -0.05) is 0 Å². The van der Waals surface area contributed by atoms with Crippen molar-refractivity contribution >= 4 is 28.4 Å². The van der Waals surface area contributed by atoms with E-state index in [2.05, 4.69) is 37.9 Å². The maximum Gasteiger partial charge on any atom is 0.161 e. The minimum atomic E-state index is 0.225. The number of phenolic OH excluding ortho intramolecular Hbond substituents is 1. The molecule has 0 fully saturated rings. The summed E-state index contributed by atoms with van der Waals surface area (Å²) >= 11 is 2.22. The molecule has 1 aromatic carbocycles. The summed E-state index contributed by atoms with van der Waals surface area (Å²) in [4.78, 5) is 9.08. The number of phenols is 1. The Balaban J connectivity index is 2.49. The van der Waals surface area contributed by atoms with Crippen molar-refractivity contribution in [2.75, 3.05) is 19.0 Å². The normalized spacial score (nSPS) is 10.6. The summed E-state index contributed by atoms with van der Waals surface area (Å²) in [6.07, 6.45) is 0. The molecule has 5 nitrogen and oxygen atoms in total. The van der Waals surface area contributed by atoms with Crippen LogP contribution < -0.4 is 5.32 Å². The average molecular weight is 385 g/mol. The van der Waals surface area contributed by atoms with E-state index in [1.165, 1.54) is 0 Å². The highest BCUT2D eigenvalue weighted by molar-refractivity contribution is 14.1. The van der Waals surface area contributed by atoms with E-state index in [4.69, 9.17) is 4.74 Å². The zero-order valence-corrected chi connectivity index (χ0v) is 13.5. The first-order valence-electron chi connectivity index (χ1n) is 6.24. The molecule has 106 valence electrons. The number of anilines is 1. The lowest BCUT2D eigenvalue weighted by molar-refractivity contribution is 0.181. The molecule has 2 aromatic rings. The van der Waals surface area contributed by atoms with Crippen LogP contribution in [0.1, 0.15) is 12.6 Å². The minimum absolute atomic E-state index is 0.225. The topological polar surface area (TPSA) is 67.3 Å². The second-order valence-corrected chi connectivity index (χ2v) is 5.25. The van der Waals surface area contributed by atoms with Crippen molar-refractivity contribution in [3.05, 3.63) is 33.5 Å². The first-order valence-corrected chi connectivity index (χ1v) is 7.32. The molecule has 0 saturated heterocycles. The lowest BCUT2D eigenvalue weighted by atomic mass is 10.2. The molecule has 1 aromatic heterocycles. The van der Waals surface area contributed by atoms with Crippen LogP contribution >= 0.6 is 22.6 Å². The number of rotatable bonds is 5. The lowest BCUT2D eigenvalue weighted by Gasteiger charge is -2.12. The number of aromatic nitrogens is 2. The summed E-state index contributed by atoms with van der Waals surface area (Å²) in [5.74, 6) is 1.65. The highest BCUT2D eigenvalue weighted by atomic mass is 127. The number of aromatic hydroxyl groups is 1. The van der Waals surface area contributed by atoms with Gasteiger partial charge < -0.3 is 15.2 Å². The maximum atomic E-state index is 9.35. The molecule has 6 heteroatoms. The Labute approximate surface area is 131 Å². The lowest BCUT2D eigenvalue weighted by Crippen LogP contribution is -2.08. The highest BCUT2D eigenvalue weighted by Crippen LogP contribution is 2.25. The van der Waals surface area contributed by atoms with Crippen LogP contribution in [-0.4, -0.2) is 28.7 Å². The Hall–Kier alpha value is -1.41. The first kappa shape index (κ1) is 15.0. The molecule has 2 rings (SSSR count). The van der Waals surface area contributed by atoms with E-state index in [0.717, 1.165) is 27.2 Å². The predicted octanol–water partition coefficient (Wildman–Crippen LogP) is 3.03. The van der Waals surface area contributed by atoms with E-state index < -0.39 is 0 Å². The van der Waals surface area contributed by atoms with E-state index in [1.54, 1.807) is 31.4 Å². The zero-order chi connectivity index (χ0) is 14.5. The highest BCUT2D eigenvalue weighted by Gasteiger charge is 2.13. The second kappa shape index (κ2) is 6.85. The monoisotopic (exact) mass is 385 g/mol. The smallest absolute Gasteiger partial charge is 0.161 e. The van der Waals surface area contributed by atoms with Gasteiger partial charge >= 0.3 is 0 Å². The summed E-state index contributed by atoms with van der Waals surface area (Å²) < 4.78 is 6.16. The molecule has 0 aliphatic carbocycles. The van der Waals surface area contributed by atoms with Crippen molar-refractivity contribution in [3.63, 3.8) is 0 Å². The summed E-state index contributed by atoms with van der Waals surface area (Å²) in [7, 11) is 1.64. The summed E-state index contributed by atoms with van der Waals surface area (Å²) in [6, 6.07) is 6.84. The zero-order valence-electron chi connectivity index (χ0n) is 11.4. The number of nitrogens with one attached hydrogen (secondary N) is 1. The molecule has 0 spiro atoms. The summed E-state index contributed by atoms with van der Waals surface area (Å²) in [5, 5.41) is 12.6. The van der Waals surface area contributed by atoms with Gasteiger partial charge in [-0.05, 0) is 53.8 Å². The molecular weight excluding hydrogens is 369 g/mol. The van der Waals surface area contributed by atoms with Gasteiger partial charge in [0, 0.05) is 19.2 Å². The average Bonchev–Trinajstić information content (AvgIpc) is 2.44. The van der Waals surface area contributed by atoms with Crippen LogP contribution in [0.25, 0.3) is 11.4 Å². The van der Waals surface area contributed by atoms with Gasteiger partial charge in [-0.25, -0.2) is 9.97 Å². The van der Waals surface area contributed by atoms with Crippen LogP contribution in [0.4, 0.5) is 5.82 Å². The molecule has 0 saturated carbocycles. The molecule has 20 heavy (non-hydrogen) atoms. The minimum Gasteiger partial charge on any atom is -0.508 e. The molecule has 0 aliphatic heterocycles. The van der Waals surface area contributed by atoms with Gasteiger partial charge in [0.25, 0.3) is 0 Å². The number of hydrogen-bond acceptors (Lipinski definition) is 5. The maximum absolute atomic E-state index is 9.35. The van der Waals surface area contributed by atoms with E-state index in [0.29, 0.717) is 12.4 Å². The number of hydrogen-bond donors (Lipinski definition) is 2. The number of methoxy groups -OCH3 is 1. The third kappa shape index (κ3) is 3.37. The molecular formula is C14H16IN3O2. The van der Waals surface area contributed by atoms with E-state index >= 15 is 0 Å². The largest absolute Gasteiger partial charge is 0.508 e. The van der Waals surface area contributed by atoms with Gasteiger partial charge in [-0.3, -0.25) is 0 Å². The van der Waals surface area contributed by atoms with E-state index in [-0.39, 0.29) is 5.75 Å². The van der Waals surface area contributed by atoms with Crippen molar-refractivity contribution in [2.24, 2.45) is 0 Å². The van der Waals surface area contributed by atoms with Crippen molar-refractivity contribution in [1.29, 1.82) is 0 Å². The standard InChI is InChI=1S/C14H16IN3O2/c1-3-16-14-12(15)11(8-20-2)17-13(18-14)9-4-6-10(19)7-5-9/h4-7,19H,3,8H2,1-2H3,(H,16,17,18). The van der Waals surface area contributed by atoms with Gasteiger partial charge in [0.2, 0.25) is 0 Å². The fraction of sp³-hybridized carbons (Fsp3) is 0.286. The molecule has 0 radical (unpaired) electrons. The summed E-state index contributed by atoms with van der Waals surface area (Å²) in [5.41, 5.74) is 1.71. The molecule has 0 aliphatic rings. The molecule has 2 N–H and O–H groups in total. The summed E-state index contributed by atoms with van der Waals surface area (Å²) in [6.45, 7) is 3.24. The Kier molecular flexibility index (Phi) is 5.13. The van der Waals surface area contributed by atoms with Crippen LogP contribution in [0.3, 0.4) is 0 Å². The Morgan fingerprint density at radius 2 is 1.95 bits per heavy atom. The quantitative estimate of drug-likeness (QED) is 0.775. The van der Waals surface area contributed by atoms with Gasteiger partial charge in [0.15, 0.2) is 5.82 Å². The fourth-order valence-corrected chi connectivity index (χ4v) is 2.34. The van der Waals surface area contributed by atoms with E-state index in [1.807, 2.05) is 6.92 Å². The van der Waals surface area contributed by atoms with Gasteiger partial charge in [0.1, 0.15) is 11.6 Å².